The summed E-state index contributed by atoms with van der Waals surface area (Å²) in [6.07, 6.45) is 4.50. The van der Waals surface area contributed by atoms with Crippen LogP contribution in [-0.4, -0.2) is 23.6 Å². The topological polar surface area (TPSA) is 15.8 Å². The van der Waals surface area contributed by atoms with Gasteiger partial charge in [-0.05, 0) is 29.7 Å². The summed E-state index contributed by atoms with van der Waals surface area (Å²) in [7, 11) is 4.69. The number of nitrogens with one attached hydrogen (secondary N) is 1. The normalized spacial score (nSPS) is 29.0. The molecule has 4 heteroatoms. The van der Waals surface area contributed by atoms with E-state index in [2.05, 4.69) is 55.5 Å². The summed E-state index contributed by atoms with van der Waals surface area (Å²) in [4.78, 5) is 3.70. The summed E-state index contributed by atoms with van der Waals surface area (Å²) < 4.78 is 14.8. The Bertz CT molecular complexity index is 932. The molecule has 5 rings (SSSR count). The summed E-state index contributed by atoms with van der Waals surface area (Å²) >= 11 is 0. The molecule has 0 unspecified atom stereocenters. The maximum Gasteiger partial charge on any atom is 0.140 e. The van der Waals surface area contributed by atoms with Crippen LogP contribution >= 0.6 is 0 Å². The van der Waals surface area contributed by atoms with Gasteiger partial charge in [0, 0.05) is 36.8 Å². The van der Waals surface area contributed by atoms with E-state index >= 15 is 0 Å². The van der Waals surface area contributed by atoms with Crippen molar-refractivity contribution < 1.29 is 13.6 Å². The van der Waals surface area contributed by atoms with Crippen LogP contribution in [0.5, 0.6) is 0 Å². The van der Waals surface area contributed by atoms with Crippen molar-refractivity contribution in [1.82, 2.24) is 4.98 Å². The molecule has 2 saturated heterocycles. The summed E-state index contributed by atoms with van der Waals surface area (Å²) in [6.45, 7) is 0. The minimum Gasteiger partial charge on any atom is -1.00 e. The summed E-state index contributed by atoms with van der Waals surface area (Å²) in [6, 6.07) is 18.1. The number of para-hydroxylation sites is 1. The lowest BCUT2D eigenvalue weighted by atomic mass is 9.77. The average molecular weight is 354 g/mol. The summed E-state index contributed by atoms with van der Waals surface area (Å²) in [5.41, 5.74) is 3.81. The molecule has 0 amide bonds. The Kier molecular flexibility index (Phi) is 3.58. The van der Waals surface area contributed by atoms with Gasteiger partial charge in [-0.2, -0.15) is 0 Å². The predicted octanol–water partition coefficient (Wildman–Crippen LogP) is 2.07. The number of rotatable bonds is 2. The fraction of sp³-hybridized carbons (Fsp3) is 0.364. The van der Waals surface area contributed by atoms with Crippen molar-refractivity contribution in [3.8, 4) is 0 Å². The first kappa shape index (κ1) is 17.2. The van der Waals surface area contributed by atoms with Gasteiger partial charge < -0.3 is 14.2 Å². The van der Waals surface area contributed by atoms with Crippen LogP contribution in [-0.2, 0) is 11.1 Å². The van der Waals surface area contributed by atoms with Crippen molar-refractivity contribution in [3.63, 3.8) is 0 Å². The van der Waals surface area contributed by atoms with Crippen LogP contribution in [0.4, 0.5) is 4.39 Å². The fourth-order valence-corrected chi connectivity index (χ4v) is 5.89. The second-order valence-electron chi connectivity index (χ2n) is 8.30. The fourth-order valence-electron chi connectivity index (χ4n) is 5.89. The van der Waals surface area contributed by atoms with Gasteiger partial charge in [0.25, 0.3) is 0 Å². The van der Waals surface area contributed by atoms with E-state index in [9.17, 15) is 4.39 Å². The number of aromatic amines is 1. The Morgan fingerprint density at radius 2 is 1.58 bits per heavy atom. The lowest BCUT2D eigenvalue weighted by molar-refractivity contribution is -0.974. The number of benzene rings is 2. The number of aromatic nitrogens is 1. The Morgan fingerprint density at radius 1 is 0.885 bits per heavy atom. The van der Waals surface area contributed by atoms with Gasteiger partial charge in [-0.15, -0.1) is 0 Å². The Hall–Kier alpha value is -2.20. The highest BCUT2D eigenvalue weighted by atomic mass is 19.1. The first-order valence-corrected chi connectivity index (χ1v) is 9.17. The third-order valence-corrected chi connectivity index (χ3v) is 7.44. The van der Waals surface area contributed by atoms with E-state index in [1.807, 2.05) is 6.07 Å². The summed E-state index contributed by atoms with van der Waals surface area (Å²) in [5.74, 6) is -0.123. The van der Waals surface area contributed by atoms with Gasteiger partial charge in [0.15, 0.2) is 0 Å². The SMILES string of the molecule is C[N+]1(C)C2(c3cccc(F)c3)CCC1(c1cc3ccccc3[nH]1)CC2.[F-]. The molecule has 3 heterocycles. The maximum atomic E-state index is 13.9. The van der Waals surface area contributed by atoms with Gasteiger partial charge in [0.1, 0.15) is 16.9 Å². The minimum atomic E-state index is -0.123. The predicted molar refractivity (Wildman–Crippen MR) is 98.6 cm³/mol. The number of hydrogen-bond donors (Lipinski definition) is 1. The standard InChI is InChI=1S/C22H24FN2.FH/c1-25(2)21(17-7-5-8-18(23)15-17)10-12-22(25,13-11-21)20-14-16-6-3-4-9-19(16)24-20;/h3-9,14-15,24H,10-13H2,1-2H3;1H/q+1;/p-1. The molecule has 1 N–H and O–H groups in total. The first-order valence-electron chi connectivity index (χ1n) is 9.17. The van der Waals surface area contributed by atoms with Crippen molar-refractivity contribution in [3.05, 3.63) is 71.7 Å². The Balaban J connectivity index is 0.00000168. The number of fused-ring (bicyclic) bond motifs is 3. The molecule has 0 atom stereocenters. The highest BCUT2D eigenvalue weighted by Crippen LogP contribution is 2.65. The van der Waals surface area contributed by atoms with E-state index in [1.54, 1.807) is 12.1 Å². The Morgan fingerprint density at radius 3 is 2.27 bits per heavy atom. The van der Waals surface area contributed by atoms with E-state index in [-0.39, 0.29) is 21.6 Å². The molecule has 2 aliphatic heterocycles. The maximum absolute atomic E-state index is 13.9. The quantitative estimate of drug-likeness (QED) is 0.678. The number of quaternary nitrogens is 1. The van der Waals surface area contributed by atoms with E-state index in [0.29, 0.717) is 0 Å². The van der Waals surface area contributed by atoms with Gasteiger partial charge in [0.05, 0.1) is 19.8 Å². The highest BCUT2D eigenvalue weighted by molar-refractivity contribution is 5.80. The van der Waals surface area contributed by atoms with Crippen LogP contribution < -0.4 is 4.70 Å². The van der Waals surface area contributed by atoms with Crippen LogP contribution in [0.25, 0.3) is 10.9 Å². The zero-order chi connectivity index (χ0) is 17.3. The number of hydrogen-bond acceptors (Lipinski definition) is 0. The molecule has 2 aromatic carbocycles. The average Bonchev–Trinajstić information content (AvgIpc) is 3.21. The van der Waals surface area contributed by atoms with Gasteiger partial charge >= 0.3 is 0 Å². The molecule has 136 valence electrons. The third kappa shape index (κ3) is 1.88. The summed E-state index contributed by atoms with van der Waals surface area (Å²) in [5, 5.41) is 1.28. The van der Waals surface area contributed by atoms with Crippen LogP contribution in [0, 0.1) is 5.82 Å². The molecular weight excluding hydrogens is 330 g/mol. The zero-order valence-electron chi connectivity index (χ0n) is 15.2. The lowest BCUT2D eigenvalue weighted by Crippen LogP contribution is -3.00. The minimum absolute atomic E-state index is 0. The van der Waals surface area contributed by atoms with Crippen molar-refractivity contribution in [2.45, 2.75) is 36.8 Å². The zero-order valence-corrected chi connectivity index (χ0v) is 15.2. The third-order valence-electron chi connectivity index (χ3n) is 7.44. The van der Waals surface area contributed by atoms with Crippen LogP contribution in [0.15, 0.2) is 54.6 Å². The van der Waals surface area contributed by atoms with Gasteiger partial charge in [-0.1, -0.05) is 30.3 Å². The van der Waals surface area contributed by atoms with Crippen molar-refractivity contribution in [1.29, 1.82) is 0 Å². The molecule has 26 heavy (non-hydrogen) atoms. The largest absolute Gasteiger partial charge is 1.00 e. The molecule has 0 aliphatic carbocycles. The molecule has 0 spiro atoms. The second-order valence-corrected chi connectivity index (χ2v) is 8.30. The molecule has 2 fully saturated rings. The number of H-pyrrole nitrogens is 1. The molecule has 0 saturated carbocycles. The van der Waals surface area contributed by atoms with E-state index in [0.717, 1.165) is 35.7 Å². The first-order chi connectivity index (χ1) is 12.0. The number of halogens is 2. The van der Waals surface area contributed by atoms with E-state index in [4.69, 9.17) is 0 Å². The van der Waals surface area contributed by atoms with Gasteiger partial charge in [-0.25, -0.2) is 4.39 Å². The molecule has 0 radical (unpaired) electrons. The van der Waals surface area contributed by atoms with Crippen LogP contribution in [0.3, 0.4) is 0 Å². The van der Waals surface area contributed by atoms with Crippen LogP contribution in [0.1, 0.15) is 36.9 Å². The monoisotopic (exact) mass is 354 g/mol. The molecular formula is C22H24F2N2. The van der Waals surface area contributed by atoms with Gasteiger partial charge in [0.2, 0.25) is 0 Å². The molecule has 3 aromatic rings. The Labute approximate surface area is 152 Å². The van der Waals surface area contributed by atoms with Gasteiger partial charge in [-0.3, -0.25) is 0 Å². The van der Waals surface area contributed by atoms with E-state index in [1.165, 1.54) is 16.6 Å². The molecule has 1 aromatic heterocycles. The van der Waals surface area contributed by atoms with Crippen molar-refractivity contribution >= 4 is 10.9 Å². The number of nitrogens with zero attached hydrogens (tertiary/aromatic N) is 1. The smallest absolute Gasteiger partial charge is 0.140 e. The molecule has 2 aliphatic rings. The molecule has 2 nitrogen and oxygen atoms in total. The van der Waals surface area contributed by atoms with Crippen molar-refractivity contribution in [2.24, 2.45) is 0 Å². The lowest BCUT2D eigenvalue weighted by Gasteiger charge is -2.46. The highest BCUT2D eigenvalue weighted by Gasteiger charge is 2.70. The second kappa shape index (κ2) is 5.40. The molecule has 2 bridgehead atoms. The van der Waals surface area contributed by atoms with E-state index < -0.39 is 0 Å². The van der Waals surface area contributed by atoms with Crippen LogP contribution in [0.2, 0.25) is 0 Å². The van der Waals surface area contributed by atoms with Crippen molar-refractivity contribution in [2.75, 3.05) is 14.1 Å².